The summed E-state index contributed by atoms with van der Waals surface area (Å²) in [4.78, 5) is 43.1. The second-order valence-electron chi connectivity index (χ2n) is 9.10. The molecule has 0 saturated carbocycles. The number of hydrogen-bond acceptors (Lipinski definition) is 9. The van der Waals surface area contributed by atoms with E-state index >= 15 is 0 Å². The number of hydrazone groups is 1. The molecular weight excluding hydrogens is 530 g/mol. The van der Waals surface area contributed by atoms with Gasteiger partial charge >= 0.3 is 5.97 Å². The number of ether oxygens (including phenoxy) is 1. The highest BCUT2D eigenvalue weighted by atomic mass is 35.5. The number of thioether (sulfide) groups is 1. The maximum atomic E-state index is 13.5. The number of hydrogen-bond donors (Lipinski definition) is 3. The molecule has 0 fully saturated rings. The number of rotatable bonds is 7. The van der Waals surface area contributed by atoms with Crippen LogP contribution in [0.3, 0.4) is 0 Å². The first kappa shape index (κ1) is 27.8. The molecule has 0 spiro atoms. The number of fused-ring (bicyclic) bond motifs is 5. The number of aromatic nitrogens is 2. The molecule has 1 unspecified atom stereocenters. The van der Waals surface area contributed by atoms with Crippen molar-refractivity contribution in [3.05, 3.63) is 62.9 Å². The molecule has 5 rings (SSSR count). The van der Waals surface area contributed by atoms with Crippen LogP contribution in [0.4, 0.5) is 0 Å². The number of carbonyl (C=O) groups excluding carboxylic acids is 2. The molecule has 0 radical (unpaired) electrons. The number of amides is 1. The summed E-state index contributed by atoms with van der Waals surface area (Å²) in [5, 5.41) is 16.1. The summed E-state index contributed by atoms with van der Waals surface area (Å²) in [6, 6.07) is 8.48. The van der Waals surface area contributed by atoms with E-state index in [9.17, 15) is 19.5 Å². The number of para-hydroxylation sites is 1. The standard InChI is InChI=1S/C26H27N5O5S.ClH/c1-3-26(35)18-10-21-22-16(12-31(21)24(33)17(18)13-36-25(26)34)15(14-6-4-5-7-20(14)29-22)11-28-30-23(32)19(27)8-9-37-2;/h4-7,10-11,19,35H,3,8-9,12-13,27H2,1-2H3,(H,30,32);1H/t19?,26-;/m0./s1. The molecule has 1 aromatic carbocycles. The van der Waals surface area contributed by atoms with Gasteiger partial charge in [-0.3, -0.25) is 9.59 Å². The number of nitrogens with two attached hydrogens (primary N) is 1. The van der Waals surface area contributed by atoms with E-state index < -0.39 is 17.6 Å². The topological polar surface area (TPSA) is 149 Å². The lowest BCUT2D eigenvalue weighted by atomic mass is 9.86. The van der Waals surface area contributed by atoms with E-state index in [0.717, 1.165) is 16.7 Å². The number of halogens is 1. The minimum Gasteiger partial charge on any atom is -0.458 e. The average Bonchev–Trinajstić information content (AvgIpc) is 3.27. The van der Waals surface area contributed by atoms with Gasteiger partial charge in [0.25, 0.3) is 11.5 Å². The van der Waals surface area contributed by atoms with Crippen LogP contribution in [-0.2, 0) is 33.1 Å². The average molecular weight is 558 g/mol. The summed E-state index contributed by atoms with van der Waals surface area (Å²) in [5.41, 5.74) is 9.91. The van der Waals surface area contributed by atoms with Gasteiger partial charge in [-0.2, -0.15) is 16.9 Å². The molecule has 0 bridgehead atoms. The first-order chi connectivity index (χ1) is 17.8. The van der Waals surface area contributed by atoms with Crippen molar-refractivity contribution < 1.29 is 19.4 Å². The van der Waals surface area contributed by atoms with E-state index in [1.54, 1.807) is 35.5 Å². The maximum absolute atomic E-state index is 13.5. The summed E-state index contributed by atoms with van der Waals surface area (Å²) < 4.78 is 6.71. The van der Waals surface area contributed by atoms with Crippen molar-refractivity contribution in [2.45, 2.75) is 44.6 Å². The van der Waals surface area contributed by atoms with Crippen LogP contribution in [0.25, 0.3) is 22.3 Å². The Kier molecular flexibility index (Phi) is 7.93. The van der Waals surface area contributed by atoms with Crippen LogP contribution < -0.4 is 16.7 Å². The molecule has 3 aromatic rings. The second kappa shape index (κ2) is 10.9. The van der Waals surface area contributed by atoms with Gasteiger partial charge in [-0.25, -0.2) is 15.2 Å². The minimum atomic E-state index is -1.90. The van der Waals surface area contributed by atoms with Gasteiger partial charge < -0.3 is 20.1 Å². The number of benzene rings is 1. The largest absolute Gasteiger partial charge is 0.458 e. The zero-order valence-electron chi connectivity index (χ0n) is 20.9. The monoisotopic (exact) mass is 557 g/mol. The quantitative estimate of drug-likeness (QED) is 0.177. The highest BCUT2D eigenvalue weighted by Gasteiger charge is 2.45. The summed E-state index contributed by atoms with van der Waals surface area (Å²) >= 11 is 1.61. The van der Waals surface area contributed by atoms with Gasteiger partial charge in [0.1, 0.15) is 6.61 Å². The molecule has 38 heavy (non-hydrogen) atoms. The zero-order valence-corrected chi connectivity index (χ0v) is 22.5. The van der Waals surface area contributed by atoms with Crippen molar-refractivity contribution in [2.24, 2.45) is 10.8 Å². The van der Waals surface area contributed by atoms with Crippen LogP contribution in [0.15, 0.2) is 40.2 Å². The molecular formula is C26H28ClN5O5S. The van der Waals surface area contributed by atoms with Gasteiger partial charge in [0.15, 0.2) is 5.60 Å². The maximum Gasteiger partial charge on any atom is 0.343 e. The van der Waals surface area contributed by atoms with Gasteiger partial charge in [0.05, 0.1) is 41.3 Å². The Morgan fingerprint density at radius 2 is 2.13 bits per heavy atom. The first-order valence-corrected chi connectivity index (χ1v) is 13.4. The third-order valence-electron chi connectivity index (χ3n) is 6.98. The van der Waals surface area contributed by atoms with Gasteiger partial charge in [0, 0.05) is 22.1 Å². The van der Waals surface area contributed by atoms with Gasteiger partial charge in [-0.05, 0) is 37.0 Å². The third-order valence-corrected chi connectivity index (χ3v) is 7.62. The molecule has 10 nitrogen and oxygen atoms in total. The van der Waals surface area contributed by atoms with Crippen molar-refractivity contribution in [2.75, 3.05) is 12.0 Å². The SMILES string of the molecule is CC[C@@]1(O)C(=O)OCc2c1cc1n(c2=O)Cc2c-1nc1ccccc1c2C=NNC(=O)C(N)CCSC.Cl. The number of carbonyl (C=O) groups is 2. The van der Waals surface area contributed by atoms with E-state index in [4.69, 9.17) is 15.5 Å². The number of esters is 1. The summed E-state index contributed by atoms with van der Waals surface area (Å²) in [7, 11) is 0. The van der Waals surface area contributed by atoms with Crippen molar-refractivity contribution in [3.8, 4) is 11.4 Å². The third kappa shape index (κ3) is 4.49. The summed E-state index contributed by atoms with van der Waals surface area (Å²) in [6.45, 7) is 1.69. The van der Waals surface area contributed by atoms with Crippen molar-refractivity contribution in [3.63, 3.8) is 0 Å². The predicted molar refractivity (Wildman–Crippen MR) is 148 cm³/mol. The molecule has 2 aliphatic heterocycles. The fourth-order valence-corrected chi connectivity index (χ4v) is 5.32. The predicted octanol–water partition coefficient (Wildman–Crippen LogP) is 2.03. The van der Waals surface area contributed by atoms with E-state index in [-0.39, 0.29) is 54.6 Å². The lowest BCUT2D eigenvalue weighted by Crippen LogP contribution is -2.44. The van der Waals surface area contributed by atoms with Crippen LogP contribution >= 0.6 is 24.2 Å². The molecule has 2 aromatic heterocycles. The molecule has 200 valence electrons. The fraction of sp³-hybridized carbons (Fsp3) is 0.346. The molecule has 2 aliphatic rings. The van der Waals surface area contributed by atoms with Crippen molar-refractivity contribution in [1.82, 2.24) is 15.0 Å². The highest BCUT2D eigenvalue weighted by molar-refractivity contribution is 7.98. The lowest BCUT2D eigenvalue weighted by molar-refractivity contribution is -0.172. The molecule has 4 heterocycles. The number of aliphatic hydroxyl groups is 1. The molecule has 0 saturated heterocycles. The van der Waals surface area contributed by atoms with E-state index in [1.165, 1.54) is 0 Å². The Labute approximate surface area is 229 Å². The first-order valence-electron chi connectivity index (χ1n) is 12.0. The summed E-state index contributed by atoms with van der Waals surface area (Å²) in [6.07, 6.45) is 4.10. The summed E-state index contributed by atoms with van der Waals surface area (Å²) in [5.74, 6) is -0.381. The molecule has 1 amide bonds. The van der Waals surface area contributed by atoms with Crippen molar-refractivity contribution in [1.29, 1.82) is 0 Å². The van der Waals surface area contributed by atoms with E-state index in [1.807, 2.05) is 30.5 Å². The van der Waals surface area contributed by atoms with E-state index in [2.05, 4.69) is 10.5 Å². The zero-order chi connectivity index (χ0) is 26.3. The Balaban J connectivity index is 0.00000336. The van der Waals surface area contributed by atoms with Gasteiger partial charge in [-0.15, -0.1) is 12.4 Å². The Bertz CT molecular complexity index is 1520. The highest BCUT2D eigenvalue weighted by Crippen LogP contribution is 2.39. The Morgan fingerprint density at radius 3 is 2.87 bits per heavy atom. The normalized spacial score (nSPS) is 18.4. The van der Waals surface area contributed by atoms with Crippen LogP contribution in [-0.4, -0.2) is 50.8 Å². The van der Waals surface area contributed by atoms with Gasteiger partial charge in [0.2, 0.25) is 0 Å². The van der Waals surface area contributed by atoms with Crippen LogP contribution in [0.5, 0.6) is 0 Å². The van der Waals surface area contributed by atoms with Crippen LogP contribution in [0.2, 0.25) is 0 Å². The van der Waals surface area contributed by atoms with Crippen LogP contribution in [0.1, 0.15) is 42.0 Å². The second-order valence-corrected chi connectivity index (χ2v) is 10.1. The fourth-order valence-electron chi connectivity index (χ4n) is 4.83. The number of cyclic esters (lactones) is 1. The minimum absolute atomic E-state index is 0. The molecule has 0 aliphatic carbocycles. The molecule has 2 atom stereocenters. The Morgan fingerprint density at radius 1 is 1.37 bits per heavy atom. The van der Waals surface area contributed by atoms with Gasteiger partial charge in [-0.1, -0.05) is 25.1 Å². The number of nitrogens with zero attached hydrogens (tertiary/aromatic N) is 3. The van der Waals surface area contributed by atoms with Crippen molar-refractivity contribution >= 4 is 53.2 Å². The molecule has 12 heteroatoms. The Hall–Kier alpha value is -3.25. The lowest BCUT2D eigenvalue weighted by Gasteiger charge is -2.31. The van der Waals surface area contributed by atoms with Crippen LogP contribution in [0, 0.1) is 0 Å². The number of nitrogens with one attached hydrogen (secondary N) is 1. The van der Waals surface area contributed by atoms with E-state index in [0.29, 0.717) is 28.9 Å². The smallest absolute Gasteiger partial charge is 0.343 e. The number of pyridine rings is 2. The molecule has 4 N–H and O–H groups in total.